The quantitative estimate of drug-likeness (QED) is 0.849. The molecule has 6 heteroatoms. The molecule has 1 aromatic carbocycles. The molecule has 2 rings (SSSR count). The lowest BCUT2D eigenvalue weighted by Crippen LogP contribution is -2.35. The molecule has 3 nitrogen and oxygen atoms in total. The first-order chi connectivity index (χ1) is 9.95. The summed E-state index contributed by atoms with van der Waals surface area (Å²) >= 11 is 0. The van der Waals surface area contributed by atoms with Gasteiger partial charge < -0.3 is 5.11 Å². The van der Waals surface area contributed by atoms with Gasteiger partial charge in [0, 0.05) is 19.5 Å². The summed E-state index contributed by atoms with van der Waals surface area (Å²) in [6.07, 6.45) is 2.64. The van der Waals surface area contributed by atoms with Gasteiger partial charge in [-0.25, -0.2) is 13.2 Å². The Hall–Kier alpha value is -1.56. The van der Waals surface area contributed by atoms with Gasteiger partial charge in [0.05, 0.1) is 0 Å². The molecule has 0 amide bonds. The molecule has 1 fully saturated rings. The molecule has 0 saturated carbocycles. The number of carboxylic acid groups (broad SMARTS) is 1. The lowest BCUT2D eigenvalue weighted by molar-refractivity contribution is -0.137. The van der Waals surface area contributed by atoms with Crippen LogP contribution < -0.4 is 0 Å². The van der Waals surface area contributed by atoms with E-state index in [4.69, 9.17) is 5.11 Å². The minimum Gasteiger partial charge on any atom is -0.481 e. The van der Waals surface area contributed by atoms with Crippen LogP contribution in [0.15, 0.2) is 12.1 Å². The van der Waals surface area contributed by atoms with Gasteiger partial charge in [0.25, 0.3) is 0 Å². The summed E-state index contributed by atoms with van der Waals surface area (Å²) in [4.78, 5) is 12.6. The van der Waals surface area contributed by atoms with Crippen molar-refractivity contribution in [3.8, 4) is 0 Å². The minimum absolute atomic E-state index is 0.137. The van der Waals surface area contributed by atoms with Crippen molar-refractivity contribution >= 4 is 5.97 Å². The van der Waals surface area contributed by atoms with Gasteiger partial charge in [-0.05, 0) is 49.4 Å². The molecule has 0 spiro atoms. The van der Waals surface area contributed by atoms with E-state index in [2.05, 4.69) is 0 Å². The van der Waals surface area contributed by atoms with E-state index in [1.165, 1.54) is 0 Å². The van der Waals surface area contributed by atoms with Crippen LogP contribution in [-0.2, 0) is 11.3 Å². The number of halogens is 3. The number of benzene rings is 1. The molecule has 1 heterocycles. The molecule has 1 unspecified atom stereocenters. The molecular weight excluding hydrogens is 283 g/mol. The molecule has 116 valence electrons. The standard InChI is InChI=1S/C15H18F3NO2/c16-12-6-11(7-13(17)15(12)18)9-19-5-1-2-10(8-19)3-4-14(20)21/h6-7,10H,1-5,8-9H2,(H,20,21). The molecule has 1 aromatic rings. The van der Waals surface area contributed by atoms with E-state index in [-0.39, 0.29) is 12.3 Å². The number of hydrogen-bond acceptors (Lipinski definition) is 2. The molecule has 0 aliphatic carbocycles. The average Bonchev–Trinajstić information content (AvgIpc) is 2.43. The summed E-state index contributed by atoms with van der Waals surface area (Å²) < 4.78 is 39.3. The first-order valence-electron chi connectivity index (χ1n) is 7.03. The number of rotatable bonds is 5. The Morgan fingerprint density at radius 1 is 1.29 bits per heavy atom. The highest BCUT2D eigenvalue weighted by Gasteiger charge is 2.21. The summed E-state index contributed by atoms with van der Waals surface area (Å²) in [6, 6.07) is 2.03. The van der Waals surface area contributed by atoms with Crippen LogP contribution in [0.2, 0.25) is 0 Å². The van der Waals surface area contributed by atoms with Gasteiger partial charge in [-0.1, -0.05) is 0 Å². The maximum atomic E-state index is 13.2. The first-order valence-corrected chi connectivity index (χ1v) is 7.03. The fourth-order valence-corrected chi connectivity index (χ4v) is 2.82. The van der Waals surface area contributed by atoms with E-state index < -0.39 is 23.4 Å². The number of carbonyl (C=O) groups is 1. The van der Waals surface area contributed by atoms with Gasteiger partial charge in [0.2, 0.25) is 0 Å². The van der Waals surface area contributed by atoms with Crippen molar-refractivity contribution in [1.29, 1.82) is 0 Å². The van der Waals surface area contributed by atoms with Gasteiger partial charge in [0.1, 0.15) is 0 Å². The molecule has 1 N–H and O–H groups in total. The van der Waals surface area contributed by atoms with Crippen LogP contribution in [0.25, 0.3) is 0 Å². The highest BCUT2D eigenvalue weighted by atomic mass is 19.2. The van der Waals surface area contributed by atoms with E-state index in [0.29, 0.717) is 25.1 Å². The zero-order valence-corrected chi connectivity index (χ0v) is 11.6. The van der Waals surface area contributed by atoms with E-state index in [0.717, 1.165) is 31.5 Å². The molecule has 1 atom stereocenters. The zero-order valence-electron chi connectivity index (χ0n) is 11.6. The zero-order chi connectivity index (χ0) is 15.4. The Kier molecular flexibility index (Phi) is 5.22. The molecule has 1 aliphatic rings. The topological polar surface area (TPSA) is 40.5 Å². The molecule has 21 heavy (non-hydrogen) atoms. The third-order valence-corrected chi connectivity index (χ3v) is 3.82. The van der Waals surface area contributed by atoms with Crippen molar-refractivity contribution in [2.75, 3.05) is 13.1 Å². The number of likely N-dealkylation sites (tertiary alicyclic amines) is 1. The highest BCUT2D eigenvalue weighted by Crippen LogP contribution is 2.23. The lowest BCUT2D eigenvalue weighted by atomic mass is 9.93. The normalized spacial score (nSPS) is 19.7. The van der Waals surface area contributed by atoms with Crippen LogP contribution in [0, 0.1) is 23.4 Å². The molecular formula is C15H18F3NO2. The van der Waals surface area contributed by atoms with Crippen LogP contribution in [0.3, 0.4) is 0 Å². The number of hydrogen-bond donors (Lipinski definition) is 1. The summed E-state index contributed by atoms with van der Waals surface area (Å²) in [5.74, 6) is -4.33. The molecule has 0 bridgehead atoms. The molecule has 0 aromatic heterocycles. The van der Waals surface area contributed by atoms with Gasteiger partial charge in [0.15, 0.2) is 17.5 Å². The number of aliphatic carboxylic acids is 1. The number of piperidine rings is 1. The monoisotopic (exact) mass is 301 g/mol. The van der Waals surface area contributed by atoms with Gasteiger partial charge in [-0.15, -0.1) is 0 Å². The van der Waals surface area contributed by atoms with E-state index in [9.17, 15) is 18.0 Å². The second kappa shape index (κ2) is 6.93. The SMILES string of the molecule is O=C(O)CCC1CCCN(Cc2cc(F)c(F)c(F)c2)C1. The third-order valence-electron chi connectivity index (χ3n) is 3.82. The fraction of sp³-hybridized carbons (Fsp3) is 0.533. The predicted octanol–water partition coefficient (Wildman–Crippen LogP) is 3.18. The van der Waals surface area contributed by atoms with Gasteiger partial charge in [-0.2, -0.15) is 0 Å². The first kappa shape index (κ1) is 15.8. The Morgan fingerprint density at radius 2 is 1.95 bits per heavy atom. The minimum atomic E-state index is -1.45. The number of carboxylic acids is 1. The third kappa shape index (κ3) is 4.46. The van der Waals surface area contributed by atoms with Crippen LogP contribution >= 0.6 is 0 Å². The maximum absolute atomic E-state index is 13.2. The molecule has 0 radical (unpaired) electrons. The molecule has 1 aliphatic heterocycles. The number of nitrogens with zero attached hydrogens (tertiary/aromatic N) is 1. The Labute approximate surface area is 121 Å². The Balaban J connectivity index is 1.94. The highest BCUT2D eigenvalue weighted by molar-refractivity contribution is 5.66. The van der Waals surface area contributed by atoms with E-state index >= 15 is 0 Å². The van der Waals surface area contributed by atoms with Crippen LogP contribution in [0.5, 0.6) is 0 Å². The fourth-order valence-electron chi connectivity index (χ4n) is 2.82. The second-order valence-electron chi connectivity index (χ2n) is 5.55. The Bertz CT molecular complexity index is 499. The van der Waals surface area contributed by atoms with Gasteiger partial charge >= 0.3 is 5.97 Å². The van der Waals surface area contributed by atoms with Crippen LogP contribution in [0.4, 0.5) is 13.2 Å². The van der Waals surface area contributed by atoms with Gasteiger partial charge in [-0.3, -0.25) is 9.69 Å². The predicted molar refractivity (Wildman–Crippen MR) is 71.2 cm³/mol. The van der Waals surface area contributed by atoms with Crippen molar-refractivity contribution in [3.05, 3.63) is 35.1 Å². The maximum Gasteiger partial charge on any atom is 0.303 e. The largest absolute Gasteiger partial charge is 0.481 e. The van der Waals surface area contributed by atoms with Crippen molar-refractivity contribution in [2.24, 2.45) is 5.92 Å². The van der Waals surface area contributed by atoms with Crippen molar-refractivity contribution in [3.63, 3.8) is 0 Å². The summed E-state index contributed by atoms with van der Waals surface area (Å²) in [6.45, 7) is 1.84. The van der Waals surface area contributed by atoms with Crippen molar-refractivity contribution in [1.82, 2.24) is 4.90 Å². The van der Waals surface area contributed by atoms with Crippen LogP contribution in [0.1, 0.15) is 31.2 Å². The van der Waals surface area contributed by atoms with Crippen LogP contribution in [-0.4, -0.2) is 29.1 Å². The summed E-state index contributed by atoms with van der Waals surface area (Å²) in [7, 11) is 0. The van der Waals surface area contributed by atoms with E-state index in [1.54, 1.807) is 0 Å². The van der Waals surface area contributed by atoms with Crippen molar-refractivity contribution in [2.45, 2.75) is 32.2 Å². The van der Waals surface area contributed by atoms with E-state index in [1.807, 2.05) is 4.90 Å². The summed E-state index contributed by atoms with van der Waals surface area (Å²) in [5.41, 5.74) is 0.394. The Morgan fingerprint density at radius 3 is 2.57 bits per heavy atom. The molecule has 1 saturated heterocycles. The smallest absolute Gasteiger partial charge is 0.303 e. The second-order valence-corrected chi connectivity index (χ2v) is 5.55. The van der Waals surface area contributed by atoms with Crippen molar-refractivity contribution < 1.29 is 23.1 Å². The lowest BCUT2D eigenvalue weighted by Gasteiger charge is -2.32. The summed E-state index contributed by atoms with van der Waals surface area (Å²) in [5, 5.41) is 8.70. The average molecular weight is 301 g/mol.